The van der Waals surface area contributed by atoms with Crippen LogP contribution >= 0.6 is 0 Å². The van der Waals surface area contributed by atoms with Gasteiger partial charge in [0.05, 0.1) is 11.6 Å². The summed E-state index contributed by atoms with van der Waals surface area (Å²) in [5.74, 6) is 0.978. The number of nitrogens with one attached hydrogen (secondary N) is 1. The summed E-state index contributed by atoms with van der Waals surface area (Å²) < 4.78 is 8.05. The maximum atomic E-state index is 13.2. The van der Waals surface area contributed by atoms with E-state index in [1.807, 2.05) is 56.1 Å². The Balaban J connectivity index is 0.00000306. The first-order valence-electron chi connectivity index (χ1n) is 11.6. The second-order valence-corrected chi connectivity index (χ2v) is 10.3. The van der Waals surface area contributed by atoms with Crippen LogP contribution in [0.5, 0.6) is 5.75 Å². The fourth-order valence-electron chi connectivity index (χ4n) is 5.24. The first kappa shape index (κ1) is 22.6. The zero-order chi connectivity index (χ0) is 23.3. The molecule has 2 aliphatic rings. The number of carbonyl (C=O) groups excluding carboxylic acids is 2. The Morgan fingerprint density at radius 2 is 1.81 bits per heavy atom. The van der Waals surface area contributed by atoms with Gasteiger partial charge in [-0.2, -0.15) is 0 Å². The second kappa shape index (κ2) is 8.07. The molecule has 1 N–H and O–H groups in total. The summed E-state index contributed by atoms with van der Waals surface area (Å²) in [5, 5.41) is 3.86. The van der Waals surface area contributed by atoms with E-state index in [4.69, 9.17) is 4.74 Å². The Labute approximate surface area is 192 Å². The molecule has 0 radical (unpaired) electrons. The number of ketones is 1. The van der Waals surface area contributed by atoms with Crippen molar-refractivity contribution < 1.29 is 15.8 Å². The zero-order valence-electron chi connectivity index (χ0n) is 20.1. The molecular formula is C26H37N3O3. The Morgan fingerprint density at radius 1 is 1.12 bits per heavy atom. The average Bonchev–Trinajstić information content (AvgIpc) is 3.13. The average molecular weight is 440 g/mol. The molecular weight excluding hydrogens is 402 g/mol. The van der Waals surface area contributed by atoms with Crippen molar-refractivity contribution in [1.82, 2.24) is 14.8 Å². The molecule has 0 unspecified atom stereocenters. The van der Waals surface area contributed by atoms with Crippen LogP contribution < -0.4 is 10.1 Å². The molecule has 3 heterocycles. The second-order valence-electron chi connectivity index (χ2n) is 10.3. The van der Waals surface area contributed by atoms with Crippen LogP contribution in [-0.2, 0) is 12.1 Å². The van der Waals surface area contributed by atoms with Gasteiger partial charge in [0.15, 0.2) is 5.78 Å². The zero-order valence-corrected chi connectivity index (χ0v) is 20.1. The van der Waals surface area contributed by atoms with Gasteiger partial charge in [-0.05, 0) is 84.2 Å². The molecule has 1 aromatic carbocycles. The highest BCUT2D eigenvalue weighted by atomic mass is 16.5. The number of piperidine rings is 1. The van der Waals surface area contributed by atoms with Gasteiger partial charge in [0.1, 0.15) is 5.75 Å². The van der Waals surface area contributed by atoms with E-state index in [-0.39, 0.29) is 30.3 Å². The van der Waals surface area contributed by atoms with Gasteiger partial charge in [0, 0.05) is 49.6 Å². The molecule has 6 heteroatoms. The molecule has 1 aromatic heterocycles. The number of aromatic nitrogens is 1. The first-order chi connectivity index (χ1) is 15.0. The molecule has 1 fully saturated rings. The summed E-state index contributed by atoms with van der Waals surface area (Å²) in [6.07, 6.45) is 3.72. The number of amides is 1. The van der Waals surface area contributed by atoms with Crippen LogP contribution in [0.3, 0.4) is 0 Å². The fraction of sp³-hybridized carbons (Fsp3) is 0.538. The summed E-state index contributed by atoms with van der Waals surface area (Å²) in [4.78, 5) is 27.2. The molecule has 32 heavy (non-hydrogen) atoms. The molecule has 2 aromatic rings. The van der Waals surface area contributed by atoms with E-state index in [0.717, 1.165) is 36.3 Å². The number of nitrogens with zero attached hydrogens (tertiary/aromatic N) is 2. The van der Waals surface area contributed by atoms with Crippen LogP contribution in [0.25, 0.3) is 0 Å². The molecule has 0 saturated carbocycles. The number of hydrogen-bond acceptors (Lipinski definition) is 4. The largest absolute Gasteiger partial charge is 0.491 e. The third-order valence-electron chi connectivity index (χ3n) is 6.63. The van der Waals surface area contributed by atoms with Gasteiger partial charge >= 0.3 is 0 Å². The van der Waals surface area contributed by atoms with E-state index >= 15 is 0 Å². The van der Waals surface area contributed by atoms with Gasteiger partial charge in [0.2, 0.25) is 0 Å². The minimum Gasteiger partial charge on any atom is -0.491 e. The molecule has 4 rings (SSSR count). The third-order valence-corrected chi connectivity index (χ3v) is 6.63. The van der Waals surface area contributed by atoms with Gasteiger partial charge < -0.3 is 14.2 Å². The van der Waals surface area contributed by atoms with Crippen molar-refractivity contribution in [2.24, 2.45) is 0 Å². The van der Waals surface area contributed by atoms with E-state index in [2.05, 4.69) is 23.7 Å². The normalized spacial score (nSPS) is 19.2. The smallest absolute Gasteiger partial charge is 0.253 e. The molecule has 6 nitrogen and oxygen atoms in total. The molecule has 1 spiro atoms. The SMILES string of the molecule is CC(=O)c1cc2n(c1)CC(C)(C)NC21CCN(C(=O)c2ccc(OC(C)C)c(C)c2)CC1.[HH]. The highest BCUT2D eigenvalue weighted by molar-refractivity contribution is 5.95. The number of fused-ring (bicyclic) bond motifs is 2. The number of rotatable bonds is 4. The van der Waals surface area contributed by atoms with Crippen molar-refractivity contribution in [3.05, 3.63) is 52.8 Å². The van der Waals surface area contributed by atoms with Crippen molar-refractivity contribution in [3.63, 3.8) is 0 Å². The molecule has 0 atom stereocenters. The lowest BCUT2D eigenvalue weighted by atomic mass is 9.79. The number of benzene rings is 1. The molecule has 1 amide bonds. The van der Waals surface area contributed by atoms with Crippen LogP contribution in [0.4, 0.5) is 0 Å². The van der Waals surface area contributed by atoms with E-state index < -0.39 is 0 Å². The summed E-state index contributed by atoms with van der Waals surface area (Å²) in [5.41, 5.74) is 3.29. The van der Waals surface area contributed by atoms with Gasteiger partial charge in [-0.1, -0.05) is 0 Å². The quantitative estimate of drug-likeness (QED) is 0.710. The topological polar surface area (TPSA) is 63.6 Å². The van der Waals surface area contributed by atoms with Gasteiger partial charge in [-0.3, -0.25) is 14.9 Å². The van der Waals surface area contributed by atoms with Crippen molar-refractivity contribution in [3.8, 4) is 5.75 Å². The van der Waals surface area contributed by atoms with Crippen LogP contribution in [0.2, 0.25) is 0 Å². The highest BCUT2D eigenvalue weighted by Crippen LogP contribution is 2.40. The van der Waals surface area contributed by atoms with Gasteiger partial charge in [0.25, 0.3) is 5.91 Å². The predicted octanol–water partition coefficient (Wildman–Crippen LogP) is 4.55. The Kier molecular flexibility index (Phi) is 5.70. The number of Topliss-reactive ketones (excluding diaryl/α,β-unsaturated/α-hetero) is 1. The minimum atomic E-state index is -0.225. The highest BCUT2D eigenvalue weighted by Gasteiger charge is 2.46. The number of carbonyl (C=O) groups is 2. The third kappa shape index (κ3) is 4.20. The van der Waals surface area contributed by atoms with Gasteiger partial charge in [-0.25, -0.2) is 0 Å². The van der Waals surface area contributed by atoms with E-state index in [1.165, 1.54) is 5.69 Å². The molecule has 0 aliphatic carbocycles. The lowest BCUT2D eigenvalue weighted by molar-refractivity contribution is 0.0521. The summed E-state index contributed by atoms with van der Waals surface area (Å²) in [6.45, 7) is 14.2. The summed E-state index contributed by atoms with van der Waals surface area (Å²) in [7, 11) is 0. The maximum Gasteiger partial charge on any atom is 0.253 e. The minimum absolute atomic E-state index is 0. The van der Waals surface area contributed by atoms with Crippen LogP contribution in [0.15, 0.2) is 30.5 Å². The monoisotopic (exact) mass is 439 g/mol. The van der Waals surface area contributed by atoms with E-state index in [1.54, 1.807) is 6.92 Å². The molecule has 2 aliphatic heterocycles. The fourth-order valence-corrected chi connectivity index (χ4v) is 5.24. The van der Waals surface area contributed by atoms with Crippen molar-refractivity contribution >= 4 is 11.7 Å². The molecule has 1 saturated heterocycles. The van der Waals surface area contributed by atoms with Crippen molar-refractivity contribution in [1.29, 1.82) is 0 Å². The Bertz CT molecular complexity index is 1050. The van der Waals surface area contributed by atoms with Crippen LogP contribution in [0.1, 0.15) is 80.9 Å². The summed E-state index contributed by atoms with van der Waals surface area (Å²) >= 11 is 0. The molecule has 174 valence electrons. The number of ether oxygens (including phenoxy) is 1. The summed E-state index contributed by atoms with van der Waals surface area (Å²) in [6, 6.07) is 7.73. The maximum absolute atomic E-state index is 13.2. The van der Waals surface area contributed by atoms with Crippen LogP contribution in [0, 0.1) is 6.92 Å². The first-order valence-corrected chi connectivity index (χ1v) is 11.6. The van der Waals surface area contributed by atoms with E-state index in [0.29, 0.717) is 18.7 Å². The number of aryl methyl sites for hydroxylation is 1. The molecule has 0 bridgehead atoms. The Morgan fingerprint density at radius 3 is 2.41 bits per heavy atom. The lowest BCUT2D eigenvalue weighted by Crippen LogP contribution is -2.63. The standard InChI is InChI=1S/C26H35N3O3.H2/c1-17(2)32-22-8-7-20(13-18(22)3)24(31)28-11-9-26(10-12-28)23-14-21(19(4)30)15-29(23)16-25(5,6)27-26;/h7-8,13-15,17,27H,9-12,16H2,1-6H3;1H. The lowest BCUT2D eigenvalue weighted by Gasteiger charge is -2.51. The number of hydrogen-bond donors (Lipinski definition) is 1. The predicted molar refractivity (Wildman–Crippen MR) is 128 cm³/mol. The number of likely N-dealkylation sites (tertiary alicyclic amines) is 1. The van der Waals surface area contributed by atoms with Crippen LogP contribution in [-0.4, -0.2) is 45.9 Å². The van der Waals surface area contributed by atoms with Crippen molar-refractivity contribution in [2.45, 2.75) is 78.1 Å². The Hall–Kier alpha value is -2.60. The van der Waals surface area contributed by atoms with Crippen molar-refractivity contribution in [2.75, 3.05) is 13.1 Å². The van der Waals surface area contributed by atoms with Gasteiger partial charge in [-0.15, -0.1) is 0 Å². The van der Waals surface area contributed by atoms with E-state index in [9.17, 15) is 9.59 Å².